The van der Waals surface area contributed by atoms with E-state index in [1.807, 2.05) is 12.1 Å². The van der Waals surface area contributed by atoms with Crippen LogP contribution in [0.15, 0.2) is 18.2 Å². The normalized spacial score (nSPS) is 10.9. The number of hydrogen-bond acceptors (Lipinski definition) is 3. The molecule has 0 aliphatic heterocycles. The SMILES string of the molecule is CCCCCN(C)Cc1ccc(O)c(N)c1. The Morgan fingerprint density at radius 3 is 2.69 bits per heavy atom. The third-order valence-electron chi connectivity index (χ3n) is 2.69. The van der Waals surface area contributed by atoms with Crippen molar-refractivity contribution in [3.8, 4) is 5.75 Å². The highest BCUT2D eigenvalue weighted by Crippen LogP contribution is 2.21. The smallest absolute Gasteiger partial charge is 0.138 e. The number of hydrogen-bond donors (Lipinski definition) is 2. The lowest BCUT2D eigenvalue weighted by Crippen LogP contribution is -2.19. The van der Waals surface area contributed by atoms with Crippen LogP contribution in [0.5, 0.6) is 5.75 Å². The largest absolute Gasteiger partial charge is 0.506 e. The van der Waals surface area contributed by atoms with Gasteiger partial charge in [0.25, 0.3) is 0 Å². The maximum Gasteiger partial charge on any atom is 0.138 e. The summed E-state index contributed by atoms with van der Waals surface area (Å²) in [5, 5.41) is 9.31. The molecular formula is C13H22N2O. The van der Waals surface area contributed by atoms with Gasteiger partial charge in [-0.2, -0.15) is 0 Å². The second-order valence-corrected chi connectivity index (χ2v) is 4.34. The highest BCUT2D eigenvalue weighted by atomic mass is 16.3. The maximum atomic E-state index is 9.31. The average Bonchev–Trinajstić information content (AvgIpc) is 2.24. The number of aromatic hydroxyl groups is 1. The first-order valence-electron chi connectivity index (χ1n) is 5.89. The molecule has 1 aromatic rings. The van der Waals surface area contributed by atoms with E-state index in [-0.39, 0.29) is 5.75 Å². The zero-order valence-corrected chi connectivity index (χ0v) is 10.2. The van der Waals surface area contributed by atoms with E-state index < -0.39 is 0 Å². The minimum absolute atomic E-state index is 0.164. The van der Waals surface area contributed by atoms with Crippen molar-refractivity contribution in [2.75, 3.05) is 19.3 Å². The standard InChI is InChI=1S/C13H22N2O/c1-3-4-5-8-15(2)10-11-6-7-13(16)12(14)9-11/h6-7,9,16H,3-5,8,10,14H2,1-2H3. The van der Waals surface area contributed by atoms with Crippen LogP contribution in [0.3, 0.4) is 0 Å². The van der Waals surface area contributed by atoms with Crippen LogP contribution in [0.1, 0.15) is 31.7 Å². The van der Waals surface area contributed by atoms with E-state index in [1.54, 1.807) is 6.07 Å². The van der Waals surface area contributed by atoms with Gasteiger partial charge < -0.3 is 15.7 Å². The molecule has 0 atom stereocenters. The summed E-state index contributed by atoms with van der Waals surface area (Å²) in [5.74, 6) is 0.164. The minimum Gasteiger partial charge on any atom is -0.506 e. The van der Waals surface area contributed by atoms with Gasteiger partial charge in [0.15, 0.2) is 0 Å². The molecule has 1 aromatic carbocycles. The monoisotopic (exact) mass is 222 g/mol. The number of unbranched alkanes of at least 4 members (excludes halogenated alkanes) is 2. The first-order chi connectivity index (χ1) is 7.63. The van der Waals surface area contributed by atoms with Gasteiger partial charge in [0, 0.05) is 6.54 Å². The van der Waals surface area contributed by atoms with Crippen LogP contribution in [0, 0.1) is 0 Å². The van der Waals surface area contributed by atoms with Crippen LogP contribution < -0.4 is 5.73 Å². The molecule has 0 bridgehead atoms. The predicted molar refractivity (Wildman–Crippen MR) is 68.4 cm³/mol. The highest BCUT2D eigenvalue weighted by Gasteiger charge is 2.02. The molecule has 0 aliphatic rings. The second-order valence-electron chi connectivity index (χ2n) is 4.34. The van der Waals surface area contributed by atoms with Gasteiger partial charge in [0.2, 0.25) is 0 Å². The van der Waals surface area contributed by atoms with E-state index in [0.717, 1.165) is 18.7 Å². The third kappa shape index (κ3) is 4.11. The van der Waals surface area contributed by atoms with E-state index in [1.165, 1.54) is 19.3 Å². The molecule has 3 nitrogen and oxygen atoms in total. The molecule has 0 radical (unpaired) electrons. The van der Waals surface area contributed by atoms with Crippen molar-refractivity contribution in [1.82, 2.24) is 4.90 Å². The summed E-state index contributed by atoms with van der Waals surface area (Å²) in [6.45, 7) is 4.20. The molecule has 0 spiro atoms. The Kier molecular flexibility index (Phi) is 5.12. The van der Waals surface area contributed by atoms with Crippen molar-refractivity contribution >= 4 is 5.69 Å². The zero-order chi connectivity index (χ0) is 12.0. The maximum absolute atomic E-state index is 9.31. The van der Waals surface area contributed by atoms with Gasteiger partial charge >= 0.3 is 0 Å². The Morgan fingerprint density at radius 2 is 2.06 bits per heavy atom. The fourth-order valence-corrected chi connectivity index (χ4v) is 1.72. The van der Waals surface area contributed by atoms with E-state index in [0.29, 0.717) is 5.69 Å². The molecule has 90 valence electrons. The first kappa shape index (κ1) is 12.8. The topological polar surface area (TPSA) is 49.5 Å². The molecular weight excluding hydrogens is 200 g/mol. The van der Waals surface area contributed by atoms with Gasteiger partial charge in [-0.05, 0) is 37.7 Å². The quantitative estimate of drug-likeness (QED) is 0.442. The lowest BCUT2D eigenvalue weighted by molar-refractivity contribution is 0.318. The number of rotatable bonds is 6. The number of benzene rings is 1. The van der Waals surface area contributed by atoms with Crippen molar-refractivity contribution in [3.05, 3.63) is 23.8 Å². The Morgan fingerprint density at radius 1 is 1.31 bits per heavy atom. The lowest BCUT2D eigenvalue weighted by Gasteiger charge is -2.16. The number of nitrogens with zero attached hydrogens (tertiary/aromatic N) is 1. The van der Waals surface area contributed by atoms with Gasteiger partial charge in [-0.3, -0.25) is 0 Å². The highest BCUT2D eigenvalue weighted by molar-refractivity contribution is 5.53. The summed E-state index contributed by atoms with van der Waals surface area (Å²) >= 11 is 0. The minimum atomic E-state index is 0.164. The summed E-state index contributed by atoms with van der Waals surface area (Å²) < 4.78 is 0. The van der Waals surface area contributed by atoms with Crippen LogP contribution in [0.2, 0.25) is 0 Å². The number of anilines is 1. The Labute approximate surface area is 97.9 Å². The van der Waals surface area contributed by atoms with Gasteiger partial charge in [-0.1, -0.05) is 25.8 Å². The summed E-state index contributed by atoms with van der Waals surface area (Å²) in [5.41, 5.74) is 7.25. The van der Waals surface area contributed by atoms with E-state index in [9.17, 15) is 5.11 Å². The summed E-state index contributed by atoms with van der Waals surface area (Å²) in [7, 11) is 2.11. The first-order valence-corrected chi connectivity index (χ1v) is 5.89. The Hall–Kier alpha value is -1.22. The Balaban J connectivity index is 2.43. The lowest BCUT2D eigenvalue weighted by atomic mass is 10.1. The molecule has 3 N–H and O–H groups in total. The summed E-state index contributed by atoms with van der Waals surface area (Å²) in [4.78, 5) is 2.28. The van der Waals surface area contributed by atoms with Crippen molar-refractivity contribution in [2.45, 2.75) is 32.7 Å². The van der Waals surface area contributed by atoms with Crippen molar-refractivity contribution < 1.29 is 5.11 Å². The fraction of sp³-hybridized carbons (Fsp3) is 0.538. The van der Waals surface area contributed by atoms with Gasteiger partial charge in [-0.15, -0.1) is 0 Å². The summed E-state index contributed by atoms with van der Waals surface area (Å²) in [6, 6.07) is 5.41. The van der Waals surface area contributed by atoms with Crippen LogP contribution in [0.4, 0.5) is 5.69 Å². The zero-order valence-electron chi connectivity index (χ0n) is 10.2. The fourth-order valence-electron chi connectivity index (χ4n) is 1.72. The molecule has 0 heterocycles. The molecule has 3 heteroatoms. The van der Waals surface area contributed by atoms with E-state index in [4.69, 9.17) is 5.73 Å². The van der Waals surface area contributed by atoms with Gasteiger partial charge in [-0.25, -0.2) is 0 Å². The Bertz CT molecular complexity index is 326. The molecule has 0 saturated carbocycles. The van der Waals surface area contributed by atoms with Crippen molar-refractivity contribution in [2.24, 2.45) is 0 Å². The number of nitrogen functional groups attached to an aromatic ring is 1. The molecule has 0 saturated heterocycles. The molecule has 0 aromatic heterocycles. The average molecular weight is 222 g/mol. The molecule has 1 rings (SSSR count). The van der Waals surface area contributed by atoms with Crippen LogP contribution in [-0.4, -0.2) is 23.6 Å². The number of phenolic OH excluding ortho intramolecular Hbond substituents is 1. The van der Waals surface area contributed by atoms with Gasteiger partial charge in [0.1, 0.15) is 5.75 Å². The molecule has 16 heavy (non-hydrogen) atoms. The van der Waals surface area contributed by atoms with E-state index in [2.05, 4.69) is 18.9 Å². The predicted octanol–water partition coefficient (Wildman–Crippen LogP) is 2.60. The van der Waals surface area contributed by atoms with Crippen LogP contribution >= 0.6 is 0 Å². The third-order valence-corrected chi connectivity index (χ3v) is 2.69. The van der Waals surface area contributed by atoms with Crippen molar-refractivity contribution in [3.63, 3.8) is 0 Å². The number of nitrogens with two attached hydrogens (primary N) is 1. The van der Waals surface area contributed by atoms with E-state index >= 15 is 0 Å². The molecule has 0 aliphatic carbocycles. The summed E-state index contributed by atoms with van der Waals surface area (Å²) in [6.07, 6.45) is 3.77. The van der Waals surface area contributed by atoms with Crippen molar-refractivity contribution in [1.29, 1.82) is 0 Å². The second kappa shape index (κ2) is 6.38. The molecule has 0 fully saturated rings. The van der Waals surface area contributed by atoms with Crippen LogP contribution in [-0.2, 0) is 6.54 Å². The number of phenols is 1. The van der Waals surface area contributed by atoms with Gasteiger partial charge in [0.05, 0.1) is 5.69 Å². The van der Waals surface area contributed by atoms with Crippen LogP contribution in [0.25, 0.3) is 0 Å². The molecule has 0 unspecified atom stereocenters. The molecule has 0 amide bonds.